The summed E-state index contributed by atoms with van der Waals surface area (Å²) in [4.78, 5) is 62.5. The van der Waals surface area contributed by atoms with Crippen molar-refractivity contribution in [3.05, 3.63) is 86.2 Å². The molecular weight excluding hydrogens is 494 g/mol. The fourth-order valence-electron chi connectivity index (χ4n) is 5.32. The molecule has 0 radical (unpaired) electrons. The minimum Gasteiger partial charge on any atom is -0.465 e. The molecule has 0 saturated carbocycles. The van der Waals surface area contributed by atoms with E-state index < -0.39 is 28.8 Å². The average Bonchev–Trinajstić information content (AvgIpc) is 3.49. The Hall–Kier alpha value is -4.31. The van der Waals surface area contributed by atoms with E-state index in [1.807, 2.05) is 13.0 Å². The molecule has 0 bridgehead atoms. The zero-order chi connectivity index (χ0) is 26.1. The molecule has 0 N–H and O–H groups in total. The summed E-state index contributed by atoms with van der Waals surface area (Å²) in [5.74, 6) is -1.94. The van der Waals surface area contributed by atoms with Crippen LogP contribution in [-0.4, -0.2) is 36.4 Å². The Labute approximate surface area is 214 Å². The summed E-state index contributed by atoms with van der Waals surface area (Å²) in [6, 6.07) is 13.7. The number of aryl methyl sites for hydroxylation is 1. The van der Waals surface area contributed by atoms with Crippen molar-refractivity contribution in [2.45, 2.75) is 25.8 Å². The zero-order valence-corrected chi connectivity index (χ0v) is 21.0. The van der Waals surface area contributed by atoms with Crippen molar-refractivity contribution in [2.24, 2.45) is 0 Å². The highest BCUT2D eigenvalue weighted by Gasteiger charge is 2.66. The molecule has 1 atom stereocenters. The number of benzene rings is 2. The Morgan fingerprint density at radius 3 is 2.59 bits per heavy atom. The molecule has 2 aromatic heterocycles. The molecule has 0 aliphatic carbocycles. The van der Waals surface area contributed by atoms with Gasteiger partial charge in [-0.3, -0.25) is 19.3 Å². The van der Waals surface area contributed by atoms with E-state index in [1.54, 1.807) is 54.3 Å². The van der Waals surface area contributed by atoms with Gasteiger partial charge in [-0.1, -0.05) is 48.6 Å². The number of carbonyl (C=O) groups excluding carboxylic acids is 3. The van der Waals surface area contributed by atoms with Gasteiger partial charge in [0.15, 0.2) is 16.1 Å². The third-order valence-corrected chi connectivity index (χ3v) is 7.95. The molecular formula is C27H21N3O6S. The molecule has 2 amide bonds. The van der Waals surface area contributed by atoms with Crippen LogP contribution in [0.5, 0.6) is 0 Å². The van der Waals surface area contributed by atoms with E-state index in [9.17, 15) is 19.2 Å². The number of para-hydroxylation sites is 2. The van der Waals surface area contributed by atoms with Crippen LogP contribution in [0.1, 0.15) is 50.4 Å². The lowest BCUT2D eigenvalue weighted by Gasteiger charge is -2.32. The monoisotopic (exact) mass is 515 g/mol. The van der Waals surface area contributed by atoms with Crippen LogP contribution >= 0.6 is 11.3 Å². The number of rotatable bonds is 4. The van der Waals surface area contributed by atoms with Crippen LogP contribution in [0.25, 0.3) is 11.0 Å². The summed E-state index contributed by atoms with van der Waals surface area (Å²) >= 11 is 0.931. The molecule has 4 aromatic rings. The van der Waals surface area contributed by atoms with Crippen LogP contribution in [0.4, 0.5) is 10.8 Å². The van der Waals surface area contributed by atoms with Crippen LogP contribution in [0.3, 0.4) is 0 Å². The molecule has 2 aliphatic rings. The zero-order valence-electron chi connectivity index (χ0n) is 20.2. The van der Waals surface area contributed by atoms with Gasteiger partial charge in [0.25, 0.3) is 11.8 Å². The summed E-state index contributed by atoms with van der Waals surface area (Å²) in [7, 11) is 1.26. The van der Waals surface area contributed by atoms with Gasteiger partial charge in [0.05, 0.1) is 29.4 Å². The molecule has 0 fully saturated rings. The van der Waals surface area contributed by atoms with Gasteiger partial charge >= 0.3 is 5.97 Å². The SMILES string of the molecule is CCCN1C(=O)C2(c3ccccc31)c1c(oc3ccccc3c1=O)C(=O)N2c1nc(C)c(C(=O)OC)s1. The number of aromatic nitrogens is 1. The Kier molecular flexibility index (Phi) is 5.06. The van der Waals surface area contributed by atoms with Crippen molar-refractivity contribution < 1.29 is 23.5 Å². The van der Waals surface area contributed by atoms with E-state index in [4.69, 9.17) is 9.15 Å². The van der Waals surface area contributed by atoms with Crippen molar-refractivity contribution in [3.63, 3.8) is 0 Å². The van der Waals surface area contributed by atoms with Gasteiger partial charge in [0.2, 0.25) is 5.76 Å². The third-order valence-electron chi connectivity index (χ3n) is 6.83. The van der Waals surface area contributed by atoms with Gasteiger partial charge in [0, 0.05) is 12.1 Å². The molecule has 9 nitrogen and oxygen atoms in total. The van der Waals surface area contributed by atoms with Crippen molar-refractivity contribution in [2.75, 3.05) is 23.5 Å². The van der Waals surface area contributed by atoms with Gasteiger partial charge in [-0.15, -0.1) is 0 Å². The second-order valence-corrected chi connectivity index (χ2v) is 9.84. The first-order valence-electron chi connectivity index (χ1n) is 11.7. The fourth-order valence-corrected chi connectivity index (χ4v) is 6.35. The number of thiazole rings is 1. The molecule has 1 unspecified atom stereocenters. The summed E-state index contributed by atoms with van der Waals surface area (Å²) in [6.45, 7) is 3.96. The van der Waals surface area contributed by atoms with E-state index in [2.05, 4.69) is 4.98 Å². The van der Waals surface area contributed by atoms with E-state index in [0.29, 0.717) is 29.9 Å². The molecule has 4 heterocycles. The maximum Gasteiger partial charge on any atom is 0.350 e. The van der Waals surface area contributed by atoms with Gasteiger partial charge in [-0.25, -0.2) is 9.78 Å². The second-order valence-electron chi connectivity index (χ2n) is 8.86. The summed E-state index contributed by atoms with van der Waals surface area (Å²) in [6.07, 6.45) is 0.659. The first kappa shape index (κ1) is 23.1. The van der Waals surface area contributed by atoms with Gasteiger partial charge < -0.3 is 14.1 Å². The normalized spacial score (nSPS) is 18.1. The molecule has 10 heteroatoms. The number of nitrogens with zero attached hydrogens (tertiary/aromatic N) is 3. The van der Waals surface area contributed by atoms with Crippen LogP contribution in [0.2, 0.25) is 0 Å². The van der Waals surface area contributed by atoms with Crippen molar-refractivity contribution in [3.8, 4) is 0 Å². The smallest absolute Gasteiger partial charge is 0.350 e. The first-order valence-corrected chi connectivity index (χ1v) is 12.6. The van der Waals surface area contributed by atoms with E-state index >= 15 is 0 Å². The van der Waals surface area contributed by atoms with Gasteiger partial charge in [-0.05, 0) is 31.5 Å². The summed E-state index contributed by atoms with van der Waals surface area (Å²) in [5, 5.41) is 0.360. The second kappa shape index (κ2) is 8.10. The number of anilines is 2. The average molecular weight is 516 g/mol. The van der Waals surface area contributed by atoms with Crippen LogP contribution in [-0.2, 0) is 15.1 Å². The highest BCUT2D eigenvalue weighted by molar-refractivity contribution is 7.17. The lowest BCUT2D eigenvalue weighted by molar-refractivity contribution is -0.121. The molecule has 1 spiro atoms. The lowest BCUT2D eigenvalue weighted by Crippen LogP contribution is -2.53. The highest BCUT2D eigenvalue weighted by Crippen LogP contribution is 2.54. The topological polar surface area (TPSA) is 110 Å². The standard InChI is InChI=1S/C27H21N3O6S/c1-4-13-29-17-11-7-6-10-16(17)27(25(29)34)19-20(31)15-9-5-8-12-18(15)36-21(19)23(32)30(27)26-28-14(2)22(37-26)24(33)35-3/h5-12H,4,13H2,1-3H3. The molecule has 2 aliphatic heterocycles. The molecule has 0 saturated heterocycles. The largest absolute Gasteiger partial charge is 0.465 e. The molecule has 37 heavy (non-hydrogen) atoms. The Morgan fingerprint density at radius 1 is 1.11 bits per heavy atom. The Morgan fingerprint density at radius 2 is 1.84 bits per heavy atom. The molecule has 2 aromatic carbocycles. The Bertz CT molecular complexity index is 1710. The first-order chi connectivity index (χ1) is 17.9. The van der Waals surface area contributed by atoms with Crippen molar-refractivity contribution in [1.82, 2.24) is 4.98 Å². The lowest BCUT2D eigenvalue weighted by atomic mass is 9.84. The van der Waals surface area contributed by atoms with Crippen molar-refractivity contribution >= 4 is 50.9 Å². The number of carbonyl (C=O) groups is 3. The fraction of sp³-hybridized carbons (Fsp3) is 0.222. The number of ether oxygens (including phenoxy) is 1. The number of fused-ring (bicyclic) bond motifs is 5. The number of hydrogen-bond donors (Lipinski definition) is 0. The summed E-state index contributed by atoms with van der Waals surface area (Å²) < 4.78 is 10.9. The van der Waals surface area contributed by atoms with Crippen LogP contribution in [0.15, 0.2) is 57.7 Å². The number of hydrogen-bond acceptors (Lipinski definition) is 8. The van der Waals surface area contributed by atoms with E-state index in [0.717, 1.165) is 11.3 Å². The number of amides is 2. The van der Waals surface area contributed by atoms with Gasteiger partial charge in [0.1, 0.15) is 10.5 Å². The van der Waals surface area contributed by atoms with E-state index in [-0.39, 0.29) is 32.3 Å². The molecule has 186 valence electrons. The minimum absolute atomic E-state index is 0.0419. The predicted molar refractivity (Wildman–Crippen MR) is 137 cm³/mol. The van der Waals surface area contributed by atoms with E-state index in [1.165, 1.54) is 12.0 Å². The maximum absolute atomic E-state index is 14.5. The van der Waals surface area contributed by atoms with Crippen LogP contribution < -0.4 is 15.2 Å². The third kappa shape index (κ3) is 2.87. The minimum atomic E-state index is -1.83. The molecule has 6 rings (SSSR count). The quantitative estimate of drug-likeness (QED) is 0.378. The number of esters is 1. The predicted octanol–water partition coefficient (Wildman–Crippen LogP) is 4.01. The highest BCUT2D eigenvalue weighted by atomic mass is 32.1. The number of methoxy groups -OCH3 is 1. The van der Waals surface area contributed by atoms with Crippen molar-refractivity contribution in [1.29, 1.82) is 0 Å². The summed E-state index contributed by atoms with van der Waals surface area (Å²) in [5.41, 5.74) is -0.661. The van der Waals surface area contributed by atoms with Gasteiger partial charge in [-0.2, -0.15) is 0 Å². The Balaban J connectivity index is 1.74. The van der Waals surface area contributed by atoms with Crippen LogP contribution in [0, 0.1) is 6.92 Å². The maximum atomic E-state index is 14.5.